The summed E-state index contributed by atoms with van der Waals surface area (Å²) in [5.74, 6) is -1.33. The molecule has 0 aliphatic heterocycles. The van der Waals surface area contributed by atoms with Crippen molar-refractivity contribution in [3.8, 4) is 11.1 Å². The number of alkyl carbamates (subject to hydrolysis) is 1. The first-order valence-electron chi connectivity index (χ1n) is 11.2. The molecular formula is C25H28N2O6. The van der Waals surface area contributed by atoms with E-state index in [2.05, 4.69) is 17.4 Å². The van der Waals surface area contributed by atoms with Crippen LogP contribution in [0.25, 0.3) is 11.1 Å². The van der Waals surface area contributed by atoms with Crippen LogP contribution in [0.2, 0.25) is 0 Å². The van der Waals surface area contributed by atoms with E-state index >= 15 is 0 Å². The Hall–Kier alpha value is -3.39. The lowest BCUT2D eigenvalue weighted by atomic mass is 9.98. The van der Waals surface area contributed by atoms with Crippen LogP contribution in [0.5, 0.6) is 0 Å². The summed E-state index contributed by atoms with van der Waals surface area (Å²) in [6.45, 7) is 0.171. The highest BCUT2D eigenvalue weighted by Gasteiger charge is 2.33. The number of carboxylic acids is 1. The van der Waals surface area contributed by atoms with Crippen molar-refractivity contribution in [2.45, 2.75) is 43.7 Å². The summed E-state index contributed by atoms with van der Waals surface area (Å²) in [6.07, 6.45) is -0.355. The number of carbonyl (C=O) groups is 3. The van der Waals surface area contributed by atoms with Gasteiger partial charge < -0.3 is 25.2 Å². The third-order valence-electron chi connectivity index (χ3n) is 6.11. The van der Waals surface area contributed by atoms with Gasteiger partial charge in [-0.1, -0.05) is 48.5 Å². The van der Waals surface area contributed by atoms with Gasteiger partial charge in [-0.25, -0.2) is 4.79 Å². The average Bonchev–Trinajstić information content (AvgIpc) is 3.58. The van der Waals surface area contributed by atoms with Gasteiger partial charge in [-0.15, -0.1) is 0 Å². The van der Waals surface area contributed by atoms with Gasteiger partial charge in [0.05, 0.1) is 18.9 Å². The number of benzene rings is 2. The molecular weight excluding hydrogens is 424 g/mol. The first-order chi connectivity index (χ1) is 15.9. The van der Waals surface area contributed by atoms with Crippen LogP contribution in [0, 0.1) is 0 Å². The average molecular weight is 453 g/mol. The molecule has 0 saturated heterocycles. The number of rotatable bonds is 10. The Morgan fingerprint density at radius 1 is 1.03 bits per heavy atom. The summed E-state index contributed by atoms with van der Waals surface area (Å²) in [4.78, 5) is 37.0. The Morgan fingerprint density at radius 2 is 1.64 bits per heavy atom. The fraction of sp³-hybridized carbons (Fsp3) is 0.400. The quantitative estimate of drug-likeness (QED) is 0.511. The van der Waals surface area contributed by atoms with E-state index in [1.807, 2.05) is 36.4 Å². The lowest BCUT2D eigenvalue weighted by molar-refractivity contribution is -0.139. The summed E-state index contributed by atoms with van der Waals surface area (Å²) >= 11 is 0. The van der Waals surface area contributed by atoms with E-state index < -0.39 is 18.2 Å². The lowest BCUT2D eigenvalue weighted by Crippen LogP contribution is -2.40. The molecule has 2 aromatic rings. The van der Waals surface area contributed by atoms with Crippen LogP contribution in [0.15, 0.2) is 48.5 Å². The fourth-order valence-corrected chi connectivity index (χ4v) is 4.35. The Morgan fingerprint density at radius 3 is 2.21 bits per heavy atom. The number of carboxylic acid groups (broad SMARTS) is 1. The molecule has 174 valence electrons. The maximum atomic E-state index is 12.5. The number of nitrogens with one attached hydrogen (secondary N) is 1. The zero-order valence-electron chi connectivity index (χ0n) is 18.3. The largest absolute Gasteiger partial charge is 0.481 e. The lowest BCUT2D eigenvalue weighted by Gasteiger charge is -2.23. The molecule has 1 atom stereocenters. The smallest absolute Gasteiger partial charge is 0.407 e. The van der Waals surface area contributed by atoms with E-state index in [1.54, 1.807) is 0 Å². The number of carbonyl (C=O) groups excluding carboxylic acids is 2. The van der Waals surface area contributed by atoms with Crippen LogP contribution in [0.4, 0.5) is 4.79 Å². The second kappa shape index (κ2) is 10.0. The van der Waals surface area contributed by atoms with E-state index in [-0.39, 0.29) is 50.4 Å². The number of fused-ring (bicyclic) bond motifs is 3. The van der Waals surface area contributed by atoms with Crippen LogP contribution in [-0.2, 0) is 14.3 Å². The van der Waals surface area contributed by atoms with Crippen molar-refractivity contribution in [2.75, 3.05) is 19.7 Å². The SMILES string of the molecule is O=C(O)CCN(C(=O)CC(O)CNC(=O)OCC1c2ccccc2-c2ccccc21)C1CC1. The van der Waals surface area contributed by atoms with Crippen molar-refractivity contribution in [1.82, 2.24) is 10.2 Å². The number of ether oxygens (including phenoxy) is 1. The normalized spacial score (nSPS) is 15.3. The number of aliphatic hydroxyl groups excluding tert-OH is 1. The molecule has 2 amide bonds. The molecule has 3 N–H and O–H groups in total. The van der Waals surface area contributed by atoms with E-state index in [0.29, 0.717) is 0 Å². The van der Waals surface area contributed by atoms with Gasteiger partial charge in [0.15, 0.2) is 0 Å². The number of hydrogen-bond donors (Lipinski definition) is 3. The van der Waals surface area contributed by atoms with Gasteiger partial charge in [-0.2, -0.15) is 0 Å². The van der Waals surface area contributed by atoms with Crippen molar-refractivity contribution in [3.05, 3.63) is 59.7 Å². The van der Waals surface area contributed by atoms with Gasteiger partial charge in [-0.3, -0.25) is 9.59 Å². The van der Waals surface area contributed by atoms with Gasteiger partial charge in [0.1, 0.15) is 6.61 Å². The topological polar surface area (TPSA) is 116 Å². The molecule has 0 aromatic heterocycles. The van der Waals surface area contributed by atoms with Crippen LogP contribution < -0.4 is 5.32 Å². The predicted molar refractivity (Wildman–Crippen MR) is 121 cm³/mol. The molecule has 0 bridgehead atoms. The van der Waals surface area contributed by atoms with Crippen molar-refractivity contribution in [3.63, 3.8) is 0 Å². The third kappa shape index (κ3) is 5.51. The number of aliphatic hydroxyl groups is 1. The summed E-state index contributed by atoms with van der Waals surface area (Å²) in [5.41, 5.74) is 4.50. The van der Waals surface area contributed by atoms with Gasteiger partial charge in [0.25, 0.3) is 0 Å². The van der Waals surface area contributed by atoms with Crippen molar-refractivity contribution < 1.29 is 29.3 Å². The highest BCUT2D eigenvalue weighted by molar-refractivity contribution is 5.79. The minimum Gasteiger partial charge on any atom is -0.481 e. The summed E-state index contributed by atoms with van der Waals surface area (Å²) < 4.78 is 5.43. The first-order valence-corrected chi connectivity index (χ1v) is 11.2. The molecule has 2 aromatic carbocycles. The monoisotopic (exact) mass is 452 g/mol. The maximum absolute atomic E-state index is 12.5. The Kier molecular flexibility index (Phi) is 6.93. The molecule has 1 fully saturated rings. The molecule has 2 aliphatic carbocycles. The van der Waals surface area contributed by atoms with Crippen LogP contribution in [0.1, 0.15) is 42.7 Å². The standard InChI is InChI=1S/C25H28N2O6/c28-17(13-23(29)27(16-9-10-16)12-11-24(30)31)14-26-25(32)33-15-22-20-7-3-1-5-18(20)19-6-2-4-8-21(19)22/h1-8,16-17,22,28H,9-15H2,(H,26,32)(H,30,31). The molecule has 8 heteroatoms. The van der Waals surface area contributed by atoms with Gasteiger partial charge in [0, 0.05) is 25.0 Å². The number of aliphatic carboxylic acids is 1. The third-order valence-corrected chi connectivity index (χ3v) is 6.11. The van der Waals surface area contributed by atoms with Gasteiger partial charge in [-0.05, 0) is 35.1 Å². The van der Waals surface area contributed by atoms with Crippen LogP contribution >= 0.6 is 0 Å². The first kappa shape index (κ1) is 22.8. The van der Waals surface area contributed by atoms with E-state index in [1.165, 1.54) is 4.90 Å². The molecule has 33 heavy (non-hydrogen) atoms. The molecule has 1 saturated carbocycles. The summed E-state index contributed by atoms with van der Waals surface area (Å²) in [7, 11) is 0. The van der Waals surface area contributed by atoms with E-state index in [0.717, 1.165) is 35.1 Å². The Labute approximate surface area is 192 Å². The van der Waals surface area contributed by atoms with Gasteiger partial charge in [0.2, 0.25) is 5.91 Å². The Bertz CT molecular complexity index is 990. The minimum absolute atomic E-state index is 0.0548. The minimum atomic E-state index is -1.08. The zero-order valence-corrected chi connectivity index (χ0v) is 18.3. The van der Waals surface area contributed by atoms with Gasteiger partial charge >= 0.3 is 12.1 Å². The maximum Gasteiger partial charge on any atom is 0.407 e. The van der Waals surface area contributed by atoms with Crippen molar-refractivity contribution in [2.24, 2.45) is 0 Å². The van der Waals surface area contributed by atoms with E-state index in [4.69, 9.17) is 9.84 Å². The summed E-state index contributed by atoms with van der Waals surface area (Å²) in [5, 5.41) is 21.6. The van der Waals surface area contributed by atoms with Crippen LogP contribution in [0.3, 0.4) is 0 Å². The second-order valence-corrected chi connectivity index (χ2v) is 8.53. The Balaban J connectivity index is 1.25. The highest BCUT2D eigenvalue weighted by Crippen LogP contribution is 2.44. The molecule has 0 radical (unpaired) electrons. The number of hydrogen-bond acceptors (Lipinski definition) is 5. The zero-order chi connectivity index (χ0) is 23.4. The predicted octanol–water partition coefficient (Wildman–Crippen LogP) is 2.74. The highest BCUT2D eigenvalue weighted by atomic mass is 16.5. The van der Waals surface area contributed by atoms with E-state index in [9.17, 15) is 19.5 Å². The van der Waals surface area contributed by atoms with Crippen molar-refractivity contribution >= 4 is 18.0 Å². The molecule has 0 heterocycles. The molecule has 8 nitrogen and oxygen atoms in total. The van der Waals surface area contributed by atoms with Crippen LogP contribution in [-0.4, -0.2) is 64.9 Å². The second-order valence-electron chi connectivity index (χ2n) is 8.53. The number of amides is 2. The molecule has 4 rings (SSSR count). The fourth-order valence-electron chi connectivity index (χ4n) is 4.35. The molecule has 1 unspecified atom stereocenters. The summed E-state index contributed by atoms with van der Waals surface area (Å²) in [6, 6.07) is 16.1. The molecule has 2 aliphatic rings. The number of nitrogens with zero attached hydrogens (tertiary/aromatic N) is 1. The molecule has 0 spiro atoms. The van der Waals surface area contributed by atoms with Crippen molar-refractivity contribution in [1.29, 1.82) is 0 Å².